The van der Waals surface area contributed by atoms with Gasteiger partial charge in [0.15, 0.2) is 0 Å². The van der Waals surface area contributed by atoms with E-state index >= 15 is 0 Å². The Labute approximate surface area is 191 Å². The zero-order valence-electron chi connectivity index (χ0n) is 19.1. The first-order chi connectivity index (χ1) is 15.4. The first-order valence-electron chi connectivity index (χ1n) is 10.8. The number of benzene rings is 1. The average molecular weight is 464 g/mol. The lowest BCUT2D eigenvalue weighted by atomic mass is 9.96. The Kier molecular flexibility index (Phi) is 6.64. The Bertz CT molecular complexity index is 984. The number of primary amides is 1. The molecule has 10 nitrogen and oxygen atoms in total. The number of nitrogens with two attached hydrogens (primary N) is 2. The van der Waals surface area contributed by atoms with Crippen LogP contribution in [0.25, 0.3) is 0 Å². The fraction of sp³-hybridized carbons (Fsp3) is 0.545. The maximum absolute atomic E-state index is 13.6. The quantitative estimate of drug-likeness (QED) is 0.549. The average Bonchev–Trinajstić information content (AvgIpc) is 3.12. The topological polar surface area (TPSA) is 148 Å². The third-order valence-electron chi connectivity index (χ3n) is 6.03. The fourth-order valence-corrected chi connectivity index (χ4v) is 4.32. The number of rotatable bonds is 6. The molecule has 1 fully saturated rings. The molecule has 2 aliphatic rings. The molecule has 2 aliphatic heterocycles. The van der Waals surface area contributed by atoms with Gasteiger partial charge in [-0.25, -0.2) is 4.39 Å². The van der Waals surface area contributed by atoms with Crippen molar-refractivity contribution in [2.24, 2.45) is 17.4 Å². The monoisotopic (exact) mass is 463 g/mol. The van der Waals surface area contributed by atoms with E-state index in [2.05, 4.69) is 5.32 Å². The van der Waals surface area contributed by atoms with Gasteiger partial charge in [0.1, 0.15) is 23.7 Å². The molecule has 0 saturated carbocycles. The van der Waals surface area contributed by atoms with Gasteiger partial charge >= 0.3 is 0 Å². The van der Waals surface area contributed by atoms with E-state index in [1.807, 2.05) is 13.8 Å². The van der Waals surface area contributed by atoms with E-state index in [1.54, 1.807) is 0 Å². The first-order valence-corrected chi connectivity index (χ1v) is 10.8. The van der Waals surface area contributed by atoms with Crippen molar-refractivity contribution >= 4 is 29.3 Å². The molecule has 3 rings (SSSR count). The van der Waals surface area contributed by atoms with Crippen LogP contribution in [-0.4, -0.2) is 70.7 Å². The molecular weight excluding hydrogens is 433 g/mol. The highest BCUT2D eigenvalue weighted by atomic mass is 19.1. The van der Waals surface area contributed by atoms with Gasteiger partial charge in [-0.05, 0) is 31.4 Å². The van der Waals surface area contributed by atoms with Gasteiger partial charge in [-0.15, -0.1) is 0 Å². The SMILES string of the molecule is CC(C)CC(C(=O)N1C[C@@]2(C[C@H]1C(N)=O)Oc1ccc(F)cc1NC2=O)N(C)C(=O)C(C)N. The number of hydrogen-bond acceptors (Lipinski definition) is 6. The van der Waals surface area contributed by atoms with Gasteiger partial charge in [-0.3, -0.25) is 19.2 Å². The van der Waals surface area contributed by atoms with Gasteiger partial charge in [0.25, 0.3) is 5.91 Å². The van der Waals surface area contributed by atoms with Gasteiger partial charge in [0, 0.05) is 19.5 Å². The number of fused-ring (bicyclic) bond motifs is 1. The second kappa shape index (κ2) is 8.97. The van der Waals surface area contributed by atoms with Crippen LogP contribution >= 0.6 is 0 Å². The molecule has 4 amide bonds. The molecule has 1 aromatic carbocycles. The Hall–Kier alpha value is -3.21. The number of ether oxygens (including phenoxy) is 1. The number of nitrogens with one attached hydrogen (secondary N) is 1. The number of carbonyl (C=O) groups is 4. The summed E-state index contributed by atoms with van der Waals surface area (Å²) in [6.07, 6.45) is 0.147. The predicted molar refractivity (Wildman–Crippen MR) is 117 cm³/mol. The summed E-state index contributed by atoms with van der Waals surface area (Å²) in [5.41, 5.74) is 9.90. The molecule has 2 heterocycles. The number of amides is 4. The summed E-state index contributed by atoms with van der Waals surface area (Å²) in [6.45, 7) is 5.06. The Morgan fingerprint density at radius 2 is 2.00 bits per heavy atom. The van der Waals surface area contributed by atoms with Crippen LogP contribution in [0.2, 0.25) is 0 Å². The van der Waals surface area contributed by atoms with Crippen LogP contribution in [0.1, 0.15) is 33.6 Å². The lowest BCUT2D eigenvalue weighted by Gasteiger charge is -2.36. The van der Waals surface area contributed by atoms with E-state index in [4.69, 9.17) is 16.2 Å². The molecule has 180 valence electrons. The number of anilines is 1. The number of likely N-dealkylation sites (tertiary alicyclic amines) is 1. The lowest BCUT2D eigenvalue weighted by molar-refractivity contribution is -0.148. The summed E-state index contributed by atoms with van der Waals surface area (Å²) in [5, 5.41) is 2.59. The van der Waals surface area contributed by atoms with Gasteiger partial charge in [-0.2, -0.15) is 0 Å². The van der Waals surface area contributed by atoms with Gasteiger partial charge in [0.05, 0.1) is 18.3 Å². The number of nitrogens with zero attached hydrogens (tertiary/aromatic N) is 2. The molecule has 0 bridgehead atoms. The molecule has 2 unspecified atom stereocenters. The largest absolute Gasteiger partial charge is 0.473 e. The molecule has 1 spiro atoms. The lowest BCUT2D eigenvalue weighted by Crippen LogP contribution is -2.57. The van der Waals surface area contributed by atoms with E-state index in [9.17, 15) is 23.6 Å². The summed E-state index contributed by atoms with van der Waals surface area (Å²) in [7, 11) is 1.48. The molecule has 0 radical (unpaired) electrons. The van der Waals surface area contributed by atoms with Gasteiger partial charge in [-0.1, -0.05) is 13.8 Å². The molecule has 33 heavy (non-hydrogen) atoms. The third-order valence-corrected chi connectivity index (χ3v) is 6.03. The van der Waals surface area contributed by atoms with Crippen LogP contribution in [0.4, 0.5) is 10.1 Å². The van der Waals surface area contributed by atoms with Crippen molar-refractivity contribution in [2.45, 2.75) is 57.3 Å². The number of hydrogen-bond donors (Lipinski definition) is 3. The summed E-state index contributed by atoms with van der Waals surface area (Å²) < 4.78 is 19.5. The minimum absolute atomic E-state index is 0.0434. The fourth-order valence-electron chi connectivity index (χ4n) is 4.32. The van der Waals surface area contributed by atoms with Crippen molar-refractivity contribution in [3.63, 3.8) is 0 Å². The van der Waals surface area contributed by atoms with E-state index in [1.165, 1.54) is 35.9 Å². The number of carbonyl (C=O) groups excluding carboxylic acids is 4. The van der Waals surface area contributed by atoms with Crippen molar-refractivity contribution < 1.29 is 28.3 Å². The van der Waals surface area contributed by atoms with Crippen LogP contribution < -0.4 is 21.5 Å². The molecule has 11 heteroatoms. The Morgan fingerprint density at radius 1 is 1.33 bits per heavy atom. The molecule has 1 saturated heterocycles. The van der Waals surface area contributed by atoms with Crippen LogP contribution in [0.15, 0.2) is 18.2 Å². The summed E-state index contributed by atoms with van der Waals surface area (Å²) in [5.74, 6) is -2.65. The smallest absolute Gasteiger partial charge is 0.270 e. The van der Waals surface area contributed by atoms with E-state index in [0.29, 0.717) is 6.42 Å². The highest BCUT2D eigenvalue weighted by molar-refractivity contribution is 6.03. The minimum atomic E-state index is -1.58. The third kappa shape index (κ3) is 4.63. The second-order valence-corrected chi connectivity index (χ2v) is 9.16. The molecule has 0 aliphatic carbocycles. The molecule has 1 aromatic rings. The van der Waals surface area contributed by atoms with E-state index < -0.39 is 53.2 Å². The summed E-state index contributed by atoms with van der Waals surface area (Å²) >= 11 is 0. The number of halogens is 1. The maximum atomic E-state index is 13.6. The van der Waals surface area contributed by atoms with Gasteiger partial charge < -0.3 is 31.3 Å². The number of likely N-dealkylation sites (N-methyl/N-ethyl adjacent to an activating group) is 1. The minimum Gasteiger partial charge on any atom is -0.473 e. The molecular formula is C22H30FN5O5. The summed E-state index contributed by atoms with van der Waals surface area (Å²) in [6, 6.07) is 0.815. The highest BCUT2D eigenvalue weighted by Crippen LogP contribution is 2.41. The van der Waals surface area contributed by atoms with Crippen LogP contribution in [0.5, 0.6) is 5.75 Å². The van der Waals surface area contributed by atoms with Crippen molar-refractivity contribution in [3.8, 4) is 5.75 Å². The van der Waals surface area contributed by atoms with Crippen molar-refractivity contribution in [2.75, 3.05) is 18.9 Å². The standard InChI is InChI=1S/C22H30FN5O5/c1-11(2)7-15(27(4)19(30)12(3)24)20(31)28-10-22(9-16(28)18(25)29)21(32)26-14-8-13(23)5-6-17(14)33-22/h5-6,8,11-12,15-16H,7,9-10,24H2,1-4H3,(H2,25,29)(H,26,32)/t12?,15?,16-,22+/m0/s1. The molecule has 5 N–H and O–H groups in total. The molecule has 4 atom stereocenters. The molecule has 0 aromatic heterocycles. The zero-order chi connectivity index (χ0) is 24.7. The predicted octanol–water partition coefficient (Wildman–Crippen LogP) is 0.202. The maximum Gasteiger partial charge on any atom is 0.270 e. The van der Waals surface area contributed by atoms with E-state index in [0.717, 1.165) is 6.07 Å². The Balaban J connectivity index is 1.95. The van der Waals surface area contributed by atoms with Crippen molar-refractivity contribution in [1.82, 2.24) is 9.80 Å². The van der Waals surface area contributed by atoms with Crippen molar-refractivity contribution in [1.29, 1.82) is 0 Å². The van der Waals surface area contributed by atoms with Crippen LogP contribution in [0.3, 0.4) is 0 Å². The first kappa shape index (κ1) is 24.4. The van der Waals surface area contributed by atoms with E-state index in [-0.39, 0.29) is 30.3 Å². The summed E-state index contributed by atoms with van der Waals surface area (Å²) in [4.78, 5) is 53.9. The second-order valence-electron chi connectivity index (χ2n) is 9.16. The zero-order valence-corrected chi connectivity index (χ0v) is 19.1. The van der Waals surface area contributed by atoms with Crippen molar-refractivity contribution in [3.05, 3.63) is 24.0 Å². The Morgan fingerprint density at radius 3 is 2.58 bits per heavy atom. The van der Waals surface area contributed by atoms with Crippen LogP contribution in [0, 0.1) is 11.7 Å². The van der Waals surface area contributed by atoms with Crippen LogP contribution in [-0.2, 0) is 19.2 Å². The highest BCUT2D eigenvalue weighted by Gasteiger charge is 2.57. The normalized spacial score (nSPS) is 23.5. The van der Waals surface area contributed by atoms with Gasteiger partial charge in [0.2, 0.25) is 23.3 Å².